The molecule has 5 heteroatoms. The normalized spacial score (nSPS) is 15.1. The zero-order chi connectivity index (χ0) is 14.4. The third-order valence-electron chi connectivity index (χ3n) is 3.27. The fourth-order valence-electron chi connectivity index (χ4n) is 1.83. The van der Waals surface area contributed by atoms with Crippen LogP contribution in [-0.2, 0) is 15.4 Å². The van der Waals surface area contributed by atoms with E-state index in [4.69, 9.17) is 11.6 Å². The lowest BCUT2D eigenvalue weighted by Crippen LogP contribution is -2.42. The monoisotopic (exact) mass is 303 g/mol. The molecule has 0 saturated heterocycles. The highest BCUT2D eigenvalue weighted by molar-refractivity contribution is 7.91. The van der Waals surface area contributed by atoms with Gasteiger partial charge in [0.2, 0.25) is 0 Å². The molecule has 108 valence electrons. The molecule has 1 aromatic carbocycles. The van der Waals surface area contributed by atoms with Gasteiger partial charge in [0.25, 0.3) is 0 Å². The van der Waals surface area contributed by atoms with E-state index in [-0.39, 0.29) is 17.0 Å². The molecule has 1 aromatic rings. The third-order valence-corrected chi connectivity index (χ3v) is 5.59. The first kappa shape index (κ1) is 16.5. The van der Waals surface area contributed by atoms with Gasteiger partial charge in [0.1, 0.15) is 9.84 Å². The number of nitrogens with one attached hydrogen (secondary N) is 1. The van der Waals surface area contributed by atoms with Crippen LogP contribution in [0.2, 0.25) is 0 Å². The van der Waals surface area contributed by atoms with Crippen molar-refractivity contribution in [2.75, 3.05) is 23.9 Å². The van der Waals surface area contributed by atoms with Gasteiger partial charge in [0.15, 0.2) is 0 Å². The van der Waals surface area contributed by atoms with E-state index in [1.807, 2.05) is 37.3 Å². The van der Waals surface area contributed by atoms with E-state index in [0.717, 1.165) is 5.56 Å². The molecule has 3 nitrogen and oxygen atoms in total. The first-order valence-electron chi connectivity index (χ1n) is 6.50. The Labute approximate surface area is 121 Å². The minimum absolute atomic E-state index is 0.207. The van der Waals surface area contributed by atoms with Gasteiger partial charge in [-0.1, -0.05) is 37.3 Å². The van der Waals surface area contributed by atoms with Crippen molar-refractivity contribution in [3.8, 4) is 0 Å². The first-order valence-corrected chi connectivity index (χ1v) is 8.86. The standard InChI is InChI=1S/C14H22ClNO2S/c1-3-19(17,18)11-7-10-16-14(2,12-15)13-8-5-4-6-9-13/h4-6,8-9,16H,3,7,10-12H2,1-2H3. The van der Waals surface area contributed by atoms with Crippen LogP contribution < -0.4 is 5.32 Å². The molecular formula is C14H22ClNO2S. The van der Waals surface area contributed by atoms with Gasteiger partial charge in [-0.3, -0.25) is 0 Å². The molecule has 1 unspecified atom stereocenters. The summed E-state index contributed by atoms with van der Waals surface area (Å²) in [5, 5.41) is 3.36. The number of rotatable bonds is 8. The highest BCUT2D eigenvalue weighted by Crippen LogP contribution is 2.21. The van der Waals surface area contributed by atoms with Crippen molar-refractivity contribution in [1.29, 1.82) is 0 Å². The zero-order valence-electron chi connectivity index (χ0n) is 11.5. The Morgan fingerprint density at radius 1 is 1.26 bits per heavy atom. The quantitative estimate of drug-likeness (QED) is 0.593. The van der Waals surface area contributed by atoms with E-state index in [1.165, 1.54) is 0 Å². The Morgan fingerprint density at radius 3 is 2.42 bits per heavy atom. The maximum Gasteiger partial charge on any atom is 0.150 e. The molecule has 0 aliphatic heterocycles. The minimum atomic E-state index is -2.88. The summed E-state index contributed by atoms with van der Waals surface area (Å²) in [4.78, 5) is 0. The second-order valence-corrected chi connectivity index (χ2v) is 7.59. The number of benzene rings is 1. The zero-order valence-corrected chi connectivity index (χ0v) is 13.1. The van der Waals surface area contributed by atoms with Crippen LogP contribution in [0.4, 0.5) is 0 Å². The summed E-state index contributed by atoms with van der Waals surface area (Å²) in [6.45, 7) is 4.34. The Bertz CT molecular complexity index is 475. The van der Waals surface area contributed by atoms with Gasteiger partial charge >= 0.3 is 0 Å². The number of hydrogen-bond acceptors (Lipinski definition) is 3. The largest absolute Gasteiger partial charge is 0.307 e. The van der Waals surface area contributed by atoms with Gasteiger partial charge < -0.3 is 5.32 Å². The lowest BCUT2D eigenvalue weighted by Gasteiger charge is -2.29. The van der Waals surface area contributed by atoms with Crippen molar-refractivity contribution >= 4 is 21.4 Å². The maximum atomic E-state index is 11.4. The van der Waals surface area contributed by atoms with Crippen LogP contribution >= 0.6 is 11.6 Å². The van der Waals surface area contributed by atoms with E-state index >= 15 is 0 Å². The molecular weight excluding hydrogens is 282 g/mol. The summed E-state index contributed by atoms with van der Waals surface area (Å²) in [7, 11) is -2.88. The highest BCUT2D eigenvalue weighted by Gasteiger charge is 2.24. The molecule has 0 aliphatic rings. The van der Waals surface area contributed by atoms with Crippen molar-refractivity contribution < 1.29 is 8.42 Å². The Kier molecular flexibility index (Phi) is 6.30. The maximum absolute atomic E-state index is 11.4. The van der Waals surface area contributed by atoms with Crippen molar-refractivity contribution in [3.63, 3.8) is 0 Å². The van der Waals surface area contributed by atoms with E-state index in [0.29, 0.717) is 18.8 Å². The van der Waals surface area contributed by atoms with Crippen molar-refractivity contribution in [3.05, 3.63) is 35.9 Å². The molecule has 0 heterocycles. The lowest BCUT2D eigenvalue weighted by atomic mass is 9.94. The molecule has 1 rings (SSSR count). The van der Waals surface area contributed by atoms with E-state index in [2.05, 4.69) is 5.32 Å². The number of hydrogen-bond donors (Lipinski definition) is 1. The van der Waals surface area contributed by atoms with Crippen LogP contribution in [0.25, 0.3) is 0 Å². The first-order chi connectivity index (χ1) is 8.93. The molecule has 0 saturated carbocycles. The lowest BCUT2D eigenvalue weighted by molar-refractivity contribution is 0.409. The molecule has 0 radical (unpaired) electrons. The Morgan fingerprint density at radius 2 is 1.89 bits per heavy atom. The van der Waals surface area contributed by atoms with E-state index in [9.17, 15) is 8.42 Å². The van der Waals surface area contributed by atoms with Gasteiger partial charge in [0, 0.05) is 11.6 Å². The van der Waals surface area contributed by atoms with Crippen molar-refractivity contribution in [1.82, 2.24) is 5.32 Å². The smallest absolute Gasteiger partial charge is 0.150 e. The van der Waals surface area contributed by atoms with Gasteiger partial charge in [-0.15, -0.1) is 11.6 Å². The Balaban J connectivity index is 2.54. The van der Waals surface area contributed by atoms with Gasteiger partial charge in [0.05, 0.1) is 11.3 Å². The van der Waals surface area contributed by atoms with E-state index in [1.54, 1.807) is 6.92 Å². The minimum Gasteiger partial charge on any atom is -0.307 e. The molecule has 19 heavy (non-hydrogen) atoms. The van der Waals surface area contributed by atoms with E-state index < -0.39 is 9.84 Å². The summed E-state index contributed by atoms with van der Waals surface area (Å²) in [5.74, 6) is 0.875. The number of alkyl halides is 1. The molecule has 0 spiro atoms. The van der Waals surface area contributed by atoms with Gasteiger partial charge in [-0.05, 0) is 25.5 Å². The molecule has 1 N–H and O–H groups in total. The SMILES string of the molecule is CCS(=O)(=O)CCCNC(C)(CCl)c1ccccc1. The predicted octanol–water partition coefficient (Wildman–Crippen LogP) is 2.56. The van der Waals surface area contributed by atoms with Crippen LogP contribution in [0, 0.1) is 0 Å². The molecule has 0 fully saturated rings. The van der Waals surface area contributed by atoms with Crippen LogP contribution in [-0.4, -0.2) is 32.3 Å². The molecule has 0 aliphatic carbocycles. The van der Waals surface area contributed by atoms with Crippen LogP contribution in [0.5, 0.6) is 0 Å². The summed E-state index contributed by atoms with van der Waals surface area (Å²) in [6, 6.07) is 9.97. The second kappa shape index (κ2) is 7.27. The third kappa shape index (κ3) is 5.13. The molecule has 0 amide bonds. The summed E-state index contributed by atoms with van der Waals surface area (Å²) in [5.41, 5.74) is 0.794. The molecule has 0 aromatic heterocycles. The average molecular weight is 304 g/mol. The van der Waals surface area contributed by atoms with Crippen LogP contribution in [0.3, 0.4) is 0 Å². The fourth-order valence-corrected chi connectivity index (χ4v) is 2.95. The van der Waals surface area contributed by atoms with Crippen LogP contribution in [0.15, 0.2) is 30.3 Å². The van der Waals surface area contributed by atoms with Gasteiger partial charge in [-0.2, -0.15) is 0 Å². The summed E-state index contributed by atoms with van der Waals surface area (Å²) in [6.07, 6.45) is 0.607. The summed E-state index contributed by atoms with van der Waals surface area (Å²) >= 11 is 6.06. The second-order valence-electron chi connectivity index (χ2n) is 4.85. The van der Waals surface area contributed by atoms with Crippen molar-refractivity contribution in [2.24, 2.45) is 0 Å². The van der Waals surface area contributed by atoms with Crippen molar-refractivity contribution in [2.45, 2.75) is 25.8 Å². The Hall–Kier alpha value is -0.580. The topological polar surface area (TPSA) is 46.2 Å². The van der Waals surface area contributed by atoms with Gasteiger partial charge in [-0.25, -0.2) is 8.42 Å². The van der Waals surface area contributed by atoms with Crippen LogP contribution in [0.1, 0.15) is 25.8 Å². The highest BCUT2D eigenvalue weighted by atomic mass is 35.5. The predicted molar refractivity (Wildman–Crippen MR) is 81.5 cm³/mol. The summed E-state index contributed by atoms with van der Waals surface area (Å²) < 4.78 is 22.8. The molecule has 0 bridgehead atoms. The number of halogens is 1. The average Bonchev–Trinajstić information content (AvgIpc) is 2.44. The fraction of sp³-hybridized carbons (Fsp3) is 0.571. The number of sulfone groups is 1. The molecule has 1 atom stereocenters.